The molecule has 0 aromatic rings. The van der Waals surface area contributed by atoms with Crippen molar-refractivity contribution in [2.24, 2.45) is 38.7 Å². The summed E-state index contributed by atoms with van der Waals surface area (Å²) in [7, 11) is 0. The Labute approximate surface area is 208 Å². The SMILES string of the molecule is CSCCC(NC(=O)C(CCCN=C(N)N)NC(=O)C(N)CCCN=C(N)N)C(=O)NCC(=O)O. The van der Waals surface area contributed by atoms with E-state index in [1.54, 1.807) is 0 Å². The molecule has 0 aromatic heterocycles. The average Bonchev–Trinajstić information content (AvgIpc) is 2.78. The van der Waals surface area contributed by atoms with Gasteiger partial charge < -0.3 is 49.7 Å². The van der Waals surface area contributed by atoms with E-state index in [9.17, 15) is 19.2 Å². The fourth-order valence-electron chi connectivity index (χ4n) is 2.76. The number of amides is 3. The van der Waals surface area contributed by atoms with Gasteiger partial charge in [-0.25, -0.2) is 0 Å². The van der Waals surface area contributed by atoms with Crippen molar-refractivity contribution in [3.8, 4) is 0 Å². The molecule has 3 atom stereocenters. The van der Waals surface area contributed by atoms with Gasteiger partial charge in [0.2, 0.25) is 17.7 Å². The number of aliphatic carboxylic acids is 1. The molecule has 0 saturated carbocycles. The number of nitrogens with one attached hydrogen (secondary N) is 3. The van der Waals surface area contributed by atoms with E-state index in [4.69, 9.17) is 33.8 Å². The summed E-state index contributed by atoms with van der Waals surface area (Å²) >= 11 is 1.46. The van der Waals surface area contributed by atoms with Gasteiger partial charge in [0.15, 0.2) is 11.9 Å². The number of hydrogen-bond donors (Lipinski definition) is 9. The number of carbonyl (C=O) groups is 4. The molecule has 200 valence electrons. The minimum absolute atomic E-state index is 0.0658. The molecular weight excluding hydrogens is 480 g/mol. The van der Waals surface area contributed by atoms with Crippen LogP contribution in [-0.2, 0) is 19.2 Å². The summed E-state index contributed by atoms with van der Waals surface area (Å²) in [5, 5.41) is 16.2. The van der Waals surface area contributed by atoms with Gasteiger partial charge in [-0.3, -0.25) is 29.2 Å². The predicted octanol–water partition coefficient (Wildman–Crippen LogP) is -3.66. The Morgan fingerprint density at radius 1 is 0.829 bits per heavy atom. The zero-order chi connectivity index (χ0) is 26.8. The highest BCUT2D eigenvalue weighted by Crippen LogP contribution is 2.05. The molecule has 0 aliphatic heterocycles. The summed E-state index contributed by atoms with van der Waals surface area (Å²) in [4.78, 5) is 56.4. The molecule has 0 aliphatic carbocycles. The van der Waals surface area contributed by atoms with Crippen molar-refractivity contribution in [3.63, 3.8) is 0 Å². The van der Waals surface area contributed by atoms with Crippen molar-refractivity contribution in [2.45, 2.75) is 50.2 Å². The first-order valence-corrected chi connectivity index (χ1v) is 12.3. The molecule has 0 aliphatic rings. The third-order valence-corrected chi connectivity index (χ3v) is 5.18. The molecule has 0 spiro atoms. The second-order valence-electron chi connectivity index (χ2n) is 7.52. The normalized spacial score (nSPS) is 13.0. The molecule has 0 fully saturated rings. The number of hydrogen-bond acceptors (Lipinski definition) is 8. The van der Waals surface area contributed by atoms with Crippen LogP contribution < -0.4 is 44.6 Å². The van der Waals surface area contributed by atoms with Crippen LogP contribution in [0.1, 0.15) is 32.1 Å². The largest absolute Gasteiger partial charge is 0.480 e. The van der Waals surface area contributed by atoms with E-state index in [-0.39, 0.29) is 37.7 Å². The maximum absolute atomic E-state index is 13.0. The van der Waals surface area contributed by atoms with Crippen molar-refractivity contribution >= 4 is 47.4 Å². The molecule has 0 aromatic carbocycles. The quantitative estimate of drug-likeness (QED) is 0.0484. The lowest BCUT2D eigenvalue weighted by Crippen LogP contribution is -2.56. The Balaban J connectivity index is 5.28. The average molecular weight is 519 g/mol. The Bertz CT molecular complexity index is 756. The summed E-state index contributed by atoms with van der Waals surface area (Å²) in [5.74, 6) is -2.67. The monoisotopic (exact) mass is 518 g/mol. The van der Waals surface area contributed by atoms with Gasteiger partial charge >= 0.3 is 5.97 Å². The van der Waals surface area contributed by atoms with E-state index in [1.165, 1.54) is 11.8 Å². The highest BCUT2D eigenvalue weighted by molar-refractivity contribution is 7.98. The summed E-state index contributed by atoms with van der Waals surface area (Å²) < 4.78 is 0. The van der Waals surface area contributed by atoms with E-state index < -0.39 is 48.4 Å². The molecule has 0 saturated heterocycles. The third kappa shape index (κ3) is 16.1. The van der Waals surface area contributed by atoms with Gasteiger partial charge in [0.05, 0.1) is 6.04 Å². The second kappa shape index (κ2) is 18.1. The number of guanidine groups is 2. The van der Waals surface area contributed by atoms with Gasteiger partial charge in [-0.1, -0.05) is 0 Å². The lowest BCUT2D eigenvalue weighted by molar-refractivity contribution is -0.138. The van der Waals surface area contributed by atoms with Gasteiger partial charge in [0.25, 0.3) is 0 Å². The summed E-state index contributed by atoms with van der Waals surface area (Å²) in [6.07, 6.45) is 3.34. The molecule has 0 radical (unpaired) electrons. The molecule has 14 N–H and O–H groups in total. The summed E-state index contributed by atoms with van der Waals surface area (Å²) in [6.45, 7) is -0.0618. The minimum atomic E-state index is -1.22. The number of aliphatic imine (C=N–C) groups is 2. The van der Waals surface area contributed by atoms with Crippen molar-refractivity contribution < 1.29 is 24.3 Å². The van der Waals surface area contributed by atoms with Crippen LogP contribution in [-0.4, -0.2) is 90.5 Å². The van der Waals surface area contributed by atoms with Crippen LogP contribution in [0.3, 0.4) is 0 Å². The highest BCUT2D eigenvalue weighted by Gasteiger charge is 2.28. The molecule has 0 bridgehead atoms. The number of carbonyl (C=O) groups excluding carboxylic acids is 3. The summed E-state index contributed by atoms with van der Waals surface area (Å²) in [5.41, 5.74) is 27.1. The fraction of sp³-hybridized carbons (Fsp3) is 0.684. The molecule has 15 nitrogen and oxygen atoms in total. The van der Waals surface area contributed by atoms with Crippen molar-refractivity contribution in [3.05, 3.63) is 0 Å². The van der Waals surface area contributed by atoms with Crippen LogP contribution in [0.15, 0.2) is 9.98 Å². The first kappa shape index (κ1) is 31.7. The van der Waals surface area contributed by atoms with Crippen molar-refractivity contribution in [1.29, 1.82) is 0 Å². The van der Waals surface area contributed by atoms with Crippen molar-refractivity contribution in [2.75, 3.05) is 31.6 Å². The van der Waals surface area contributed by atoms with Gasteiger partial charge in [-0.2, -0.15) is 11.8 Å². The fourth-order valence-corrected chi connectivity index (χ4v) is 3.24. The van der Waals surface area contributed by atoms with Gasteiger partial charge in [-0.15, -0.1) is 0 Å². The van der Waals surface area contributed by atoms with Crippen LogP contribution in [0.5, 0.6) is 0 Å². The van der Waals surface area contributed by atoms with E-state index >= 15 is 0 Å². The van der Waals surface area contributed by atoms with Crippen molar-refractivity contribution in [1.82, 2.24) is 16.0 Å². The van der Waals surface area contributed by atoms with Gasteiger partial charge in [-0.05, 0) is 44.1 Å². The van der Waals surface area contributed by atoms with Crippen LogP contribution in [0.4, 0.5) is 0 Å². The van der Waals surface area contributed by atoms with Crippen LogP contribution >= 0.6 is 11.8 Å². The number of carboxylic acids is 1. The maximum atomic E-state index is 13.0. The van der Waals surface area contributed by atoms with E-state index in [1.807, 2.05) is 6.26 Å². The first-order valence-electron chi connectivity index (χ1n) is 10.9. The van der Waals surface area contributed by atoms with Crippen LogP contribution in [0, 0.1) is 0 Å². The molecule has 35 heavy (non-hydrogen) atoms. The number of thioether (sulfide) groups is 1. The zero-order valence-electron chi connectivity index (χ0n) is 19.9. The van der Waals surface area contributed by atoms with Crippen LogP contribution in [0.2, 0.25) is 0 Å². The molecule has 0 rings (SSSR count). The molecule has 3 unspecified atom stereocenters. The zero-order valence-corrected chi connectivity index (χ0v) is 20.7. The lowest BCUT2D eigenvalue weighted by atomic mass is 10.1. The van der Waals surface area contributed by atoms with E-state index in [0.717, 1.165) is 0 Å². The molecule has 0 heterocycles. The standard InChI is InChI=1S/C19H38N10O5S/c1-35-9-6-13(16(33)27-10-14(30)31)29-17(34)12(5-3-8-26-19(23)24)28-15(32)11(20)4-2-7-25-18(21)22/h11-13H,2-10,20H2,1H3,(H,27,33)(H,28,32)(H,29,34)(H,30,31)(H4,21,22,25)(H4,23,24,26). The Morgan fingerprint density at radius 2 is 1.34 bits per heavy atom. The van der Waals surface area contributed by atoms with Gasteiger partial charge in [0.1, 0.15) is 18.6 Å². The smallest absolute Gasteiger partial charge is 0.322 e. The predicted molar refractivity (Wildman–Crippen MR) is 135 cm³/mol. The minimum Gasteiger partial charge on any atom is -0.480 e. The highest BCUT2D eigenvalue weighted by atomic mass is 32.2. The lowest BCUT2D eigenvalue weighted by Gasteiger charge is -2.24. The van der Waals surface area contributed by atoms with E-state index in [0.29, 0.717) is 25.1 Å². The molecular formula is C19H38N10O5S. The third-order valence-electron chi connectivity index (χ3n) is 4.54. The number of carboxylic acid groups (broad SMARTS) is 1. The number of nitrogens with zero attached hydrogens (tertiary/aromatic N) is 2. The first-order chi connectivity index (χ1) is 16.5. The number of rotatable bonds is 18. The Hall–Kier alpha value is -3.27. The molecule has 16 heteroatoms. The molecule has 3 amide bonds. The Kier molecular flexibility index (Phi) is 16.4. The van der Waals surface area contributed by atoms with E-state index in [2.05, 4.69) is 25.9 Å². The maximum Gasteiger partial charge on any atom is 0.322 e. The Morgan fingerprint density at radius 3 is 1.86 bits per heavy atom. The van der Waals surface area contributed by atoms with Crippen LogP contribution in [0.25, 0.3) is 0 Å². The second-order valence-corrected chi connectivity index (χ2v) is 8.51. The summed E-state index contributed by atoms with van der Waals surface area (Å²) in [6, 6.07) is -2.92. The van der Waals surface area contributed by atoms with Gasteiger partial charge in [0, 0.05) is 13.1 Å². The topological polar surface area (TPSA) is 279 Å². The number of nitrogens with two attached hydrogens (primary N) is 5.